The summed E-state index contributed by atoms with van der Waals surface area (Å²) in [6.45, 7) is 3.17. The van der Waals surface area contributed by atoms with Crippen LogP contribution in [0.2, 0.25) is 0 Å². The Morgan fingerprint density at radius 3 is 2.60 bits per heavy atom. The first-order chi connectivity index (χ1) is 7.00. The Labute approximate surface area is 88.5 Å². The van der Waals surface area contributed by atoms with Crippen molar-refractivity contribution in [1.82, 2.24) is 0 Å². The van der Waals surface area contributed by atoms with Crippen LogP contribution in [0.5, 0.6) is 0 Å². The zero-order valence-electron chi connectivity index (χ0n) is 8.78. The Hall–Kier alpha value is -1.84. The minimum absolute atomic E-state index is 0.140. The molecule has 4 heteroatoms. The first-order valence-corrected chi connectivity index (χ1v) is 4.67. The van der Waals surface area contributed by atoms with Gasteiger partial charge < -0.3 is 11.1 Å². The van der Waals surface area contributed by atoms with Crippen LogP contribution in [0, 0.1) is 0 Å². The number of hydrogen-bond donors (Lipinski definition) is 2. The maximum absolute atomic E-state index is 11.0. The molecular formula is C11H14N2O2. The lowest BCUT2D eigenvalue weighted by atomic mass is 10.0. The molecule has 0 aromatic heterocycles. The SMILES string of the molecule is CC(=O)Nc1cccc([C@@H](C)C(N)=O)c1. The number of rotatable bonds is 3. The van der Waals surface area contributed by atoms with E-state index in [1.54, 1.807) is 31.2 Å². The first kappa shape index (κ1) is 11.2. The fraction of sp³-hybridized carbons (Fsp3) is 0.273. The summed E-state index contributed by atoms with van der Waals surface area (Å²) in [5.41, 5.74) is 6.67. The fourth-order valence-corrected chi connectivity index (χ4v) is 1.25. The number of carbonyl (C=O) groups excluding carboxylic acids is 2. The highest BCUT2D eigenvalue weighted by molar-refractivity contribution is 5.89. The van der Waals surface area contributed by atoms with Gasteiger partial charge in [-0.25, -0.2) is 0 Å². The van der Waals surface area contributed by atoms with Gasteiger partial charge >= 0.3 is 0 Å². The third-order valence-electron chi connectivity index (χ3n) is 2.13. The molecule has 0 aliphatic heterocycles. The molecule has 0 spiro atoms. The number of amides is 2. The van der Waals surface area contributed by atoms with Crippen LogP contribution < -0.4 is 11.1 Å². The highest BCUT2D eigenvalue weighted by atomic mass is 16.1. The van der Waals surface area contributed by atoms with Gasteiger partial charge in [0, 0.05) is 12.6 Å². The lowest BCUT2D eigenvalue weighted by molar-refractivity contribution is -0.119. The molecule has 4 nitrogen and oxygen atoms in total. The Morgan fingerprint density at radius 2 is 2.07 bits per heavy atom. The molecule has 0 saturated heterocycles. The van der Waals surface area contributed by atoms with E-state index >= 15 is 0 Å². The van der Waals surface area contributed by atoms with Crippen LogP contribution in [0.4, 0.5) is 5.69 Å². The van der Waals surface area contributed by atoms with Crippen molar-refractivity contribution in [2.24, 2.45) is 5.73 Å². The van der Waals surface area contributed by atoms with Crippen molar-refractivity contribution in [3.63, 3.8) is 0 Å². The van der Waals surface area contributed by atoms with Gasteiger partial charge in [-0.3, -0.25) is 9.59 Å². The molecule has 80 valence electrons. The predicted octanol–water partition coefficient (Wildman–Crippen LogP) is 1.23. The Balaban J connectivity index is 2.92. The molecule has 0 unspecified atom stereocenters. The van der Waals surface area contributed by atoms with E-state index < -0.39 is 0 Å². The van der Waals surface area contributed by atoms with Gasteiger partial charge in [0.15, 0.2) is 0 Å². The maximum Gasteiger partial charge on any atom is 0.224 e. The lowest BCUT2D eigenvalue weighted by Gasteiger charge is -2.09. The second kappa shape index (κ2) is 4.59. The average molecular weight is 206 g/mol. The number of anilines is 1. The molecule has 3 N–H and O–H groups in total. The zero-order valence-corrected chi connectivity index (χ0v) is 8.78. The summed E-state index contributed by atoms with van der Waals surface area (Å²) in [7, 11) is 0. The quantitative estimate of drug-likeness (QED) is 0.780. The van der Waals surface area contributed by atoms with Crippen molar-refractivity contribution in [3.05, 3.63) is 29.8 Å². The number of benzene rings is 1. The van der Waals surface area contributed by atoms with Gasteiger partial charge in [0.25, 0.3) is 0 Å². The fourth-order valence-electron chi connectivity index (χ4n) is 1.25. The number of hydrogen-bond acceptors (Lipinski definition) is 2. The van der Waals surface area contributed by atoms with Crippen molar-refractivity contribution < 1.29 is 9.59 Å². The molecule has 15 heavy (non-hydrogen) atoms. The molecule has 0 aliphatic carbocycles. The summed E-state index contributed by atoms with van der Waals surface area (Å²) in [5.74, 6) is -0.868. The highest BCUT2D eigenvalue weighted by Gasteiger charge is 2.11. The lowest BCUT2D eigenvalue weighted by Crippen LogP contribution is -2.18. The monoisotopic (exact) mass is 206 g/mol. The van der Waals surface area contributed by atoms with Crippen molar-refractivity contribution in [2.45, 2.75) is 19.8 Å². The summed E-state index contributed by atoms with van der Waals surface area (Å²) >= 11 is 0. The molecule has 1 rings (SSSR count). The number of primary amides is 1. The summed E-state index contributed by atoms with van der Waals surface area (Å²) < 4.78 is 0. The zero-order chi connectivity index (χ0) is 11.4. The van der Waals surface area contributed by atoms with Gasteiger partial charge in [-0.2, -0.15) is 0 Å². The third kappa shape index (κ3) is 3.09. The van der Waals surface area contributed by atoms with E-state index in [9.17, 15) is 9.59 Å². The van der Waals surface area contributed by atoms with E-state index in [-0.39, 0.29) is 17.7 Å². The molecule has 2 amide bonds. The van der Waals surface area contributed by atoms with Gasteiger partial charge in [0.1, 0.15) is 0 Å². The second-order valence-corrected chi connectivity index (χ2v) is 3.43. The van der Waals surface area contributed by atoms with Gasteiger partial charge in [-0.15, -0.1) is 0 Å². The standard InChI is InChI=1S/C11H14N2O2/c1-7(11(12)15)9-4-3-5-10(6-9)13-8(2)14/h3-7H,1-2H3,(H2,12,15)(H,13,14)/t7-/m1/s1. The minimum atomic E-state index is -0.380. The highest BCUT2D eigenvalue weighted by Crippen LogP contribution is 2.18. The van der Waals surface area contributed by atoms with Crippen LogP contribution in [0.3, 0.4) is 0 Å². The topological polar surface area (TPSA) is 72.2 Å². The molecule has 0 radical (unpaired) electrons. The number of nitrogens with one attached hydrogen (secondary N) is 1. The minimum Gasteiger partial charge on any atom is -0.369 e. The van der Waals surface area contributed by atoms with Crippen LogP contribution in [0.15, 0.2) is 24.3 Å². The predicted molar refractivity (Wildman–Crippen MR) is 58.4 cm³/mol. The normalized spacial score (nSPS) is 11.9. The number of nitrogens with two attached hydrogens (primary N) is 1. The Morgan fingerprint density at radius 1 is 1.40 bits per heavy atom. The summed E-state index contributed by atoms with van der Waals surface area (Å²) in [5, 5.41) is 2.65. The first-order valence-electron chi connectivity index (χ1n) is 4.67. The van der Waals surface area contributed by atoms with Crippen LogP contribution in [0.25, 0.3) is 0 Å². The van der Waals surface area contributed by atoms with E-state index in [1.807, 2.05) is 0 Å². The molecule has 0 aliphatic rings. The maximum atomic E-state index is 11.0. The van der Waals surface area contributed by atoms with Crippen LogP contribution in [-0.2, 0) is 9.59 Å². The molecule has 1 atom stereocenters. The molecule has 1 aromatic rings. The Kier molecular flexibility index (Phi) is 3.44. The van der Waals surface area contributed by atoms with Gasteiger partial charge in [0.05, 0.1) is 5.92 Å². The molecule has 0 saturated carbocycles. The van der Waals surface area contributed by atoms with Crippen LogP contribution in [0.1, 0.15) is 25.3 Å². The summed E-state index contributed by atoms with van der Waals surface area (Å²) in [4.78, 5) is 21.8. The van der Waals surface area contributed by atoms with Gasteiger partial charge in [0.2, 0.25) is 11.8 Å². The molecule has 1 aromatic carbocycles. The van der Waals surface area contributed by atoms with Crippen molar-refractivity contribution in [3.8, 4) is 0 Å². The van der Waals surface area contributed by atoms with Crippen LogP contribution >= 0.6 is 0 Å². The summed E-state index contributed by atoms with van der Waals surface area (Å²) in [6.07, 6.45) is 0. The summed E-state index contributed by atoms with van der Waals surface area (Å²) in [6, 6.07) is 7.09. The largest absolute Gasteiger partial charge is 0.369 e. The second-order valence-electron chi connectivity index (χ2n) is 3.43. The smallest absolute Gasteiger partial charge is 0.224 e. The molecular weight excluding hydrogens is 192 g/mol. The van der Waals surface area contributed by atoms with Crippen molar-refractivity contribution in [1.29, 1.82) is 0 Å². The van der Waals surface area contributed by atoms with E-state index in [4.69, 9.17) is 5.73 Å². The van der Waals surface area contributed by atoms with E-state index in [2.05, 4.69) is 5.32 Å². The molecule has 0 bridgehead atoms. The molecule has 0 fully saturated rings. The average Bonchev–Trinajstić information content (AvgIpc) is 2.16. The van der Waals surface area contributed by atoms with Gasteiger partial charge in [-0.1, -0.05) is 12.1 Å². The molecule has 0 heterocycles. The van der Waals surface area contributed by atoms with Gasteiger partial charge in [-0.05, 0) is 24.6 Å². The van der Waals surface area contributed by atoms with E-state index in [0.717, 1.165) is 5.56 Å². The van der Waals surface area contributed by atoms with Crippen molar-refractivity contribution >= 4 is 17.5 Å². The Bertz CT molecular complexity index is 388. The van der Waals surface area contributed by atoms with E-state index in [0.29, 0.717) is 5.69 Å². The number of carbonyl (C=O) groups is 2. The van der Waals surface area contributed by atoms with Crippen LogP contribution in [-0.4, -0.2) is 11.8 Å². The third-order valence-corrected chi connectivity index (χ3v) is 2.13. The van der Waals surface area contributed by atoms with Crippen molar-refractivity contribution in [2.75, 3.05) is 5.32 Å². The van der Waals surface area contributed by atoms with E-state index in [1.165, 1.54) is 6.92 Å².